The summed E-state index contributed by atoms with van der Waals surface area (Å²) in [7, 11) is 1.64. The van der Waals surface area contributed by atoms with Gasteiger partial charge in [-0.05, 0) is 51.0 Å². The van der Waals surface area contributed by atoms with Crippen LogP contribution in [-0.2, 0) is 27.3 Å². The molecule has 7 heteroatoms. The van der Waals surface area contributed by atoms with E-state index < -0.39 is 17.4 Å². The predicted molar refractivity (Wildman–Crippen MR) is 123 cm³/mol. The number of hydrogen-bond donors (Lipinski definition) is 1. The van der Waals surface area contributed by atoms with Gasteiger partial charge < -0.3 is 19.4 Å². The Kier molecular flexibility index (Phi) is 8.25. The first kappa shape index (κ1) is 25.2. The zero-order valence-corrected chi connectivity index (χ0v) is 20.1. The van der Waals surface area contributed by atoms with Crippen molar-refractivity contribution < 1.29 is 23.9 Å². The molecule has 1 atom stereocenters. The van der Waals surface area contributed by atoms with E-state index in [-0.39, 0.29) is 18.3 Å². The van der Waals surface area contributed by atoms with E-state index in [1.54, 1.807) is 34.8 Å². The number of benzene rings is 1. The van der Waals surface area contributed by atoms with E-state index in [2.05, 4.69) is 9.88 Å². The fourth-order valence-corrected chi connectivity index (χ4v) is 3.27. The highest BCUT2D eigenvalue weighted by molar-refractivity contribution is 5.99. The summed E-state index contributed by atoms with van der Waals surface area (Å²) >= 11 is 0. The Hall–Kier alpha value is -3.09. The van der Waals surface area contributed by atoms with Crippen LogP contribution in [0.4, 0.5) is 0 Å². The van der Waals surface area contributed by atoms with Crippen molar-refractivity contribution in [1.29, 1.82) is 0 Å². The fraction of sp³-hybridized carbons (Fsp3) is 0.480. The number of amides is 1. The number of methoxy groups -OCH3 is 1. The molecule has 0 radical (unpaired) electrons. The number of ether oxygens (including phenoxy) is 2. The molecule has 1 unspecified atom stereocenters. The minimum absolute atomic E-state index is 0.256. The molecule has 0 saturated heterocycles. The molecule has 0 aliphatic carbocycles. The Morgan fingerprint density at radius 2 is 1.72 bits per heavy atom. The molecule has 2 aromatic rings. The van der Waals surface area contributed by atoms with Gasteiger partial charge in [-0.15, -0.1) is 0 Å². The summed E-state index contributed by atoms with van der Waals surface area (Å²) in [6, 6.07) is 8.91. The van der Waals surface area contributed by atoms with Crippen LogP contribution >= 0.6 is 0 Å². The van der Waals surface area contributed by atoms with Crippen molar-refractivity contribution >= 4 is 17.7 Å². The molecule has 0 aliphatic rings. The number of ketones is 1. The maximum absolute atomic E-state index is 12.7. The van der Waals surface area contributed by atoms with Gasteiger partial charge in [0.05, 0.1) is 7.11 Å². The van der Waals surface area contributed by atoms with Crippen molar-refractivity contribution in [2.24, 2.45) is 5.41 Å². The maximum atomic E-state index is 12.7. The van der Waals surface area contributed by atoms with Crippen LogP contribution in [0, 0.1) is 19.3 Å². The van der Waals surface area contributed by atoms with Gasteiger partial charge in [0.25, 0.3) is 0 Å². The number of nitrogens with one attached hydrogen (secondary N) is 1. The molecule has 1 N–H and O–H groups in total. The average Bonchev–Trinajstić information content (AvgIpc) is 3.03. The molecule has 0 aliphatic heterocycles. The molecule has 1 aromatic heterocycles. The van der Waals surface area contributed by atoms with Crippen LogP contribution in [0.1, 0.15) is 55.0 Å². The molecular weight excluding hydrogens is 408 g/mol. The molecule has 1 aromatic carbocycles. The monoisotopic (exact) mass is 442 g/mol. The summed E-state index contributed by atoms with van der Waals surface area (Å²) < 4.78 is 12.4. The van der Waals surface area contributed by atoms with Crippen molar-refractivity contribution in [3.8, 4) is 5.75 Å². The van der Waals surface area contributed by atoms with E-state index in [9.17, 15) is 14.4 Å². The summed E-state index contributed by atoms with van der Waals surface area (Å²) in [4.78, 5) is 36.9. The second kappa shape index (κ2) is 10.5. The van der Waals surface area contributed by atoms with E-state index in [0.717, 1.165) is 30.1 Å². The average molecular weight is 443 g/mol. The second-order valence-corrected chi connectivity index (χ2v) is 9.01. The number of aryl methyl sites for hydroxylation is 2. The summed E-state index contributed by atoms with van der Waals surface area (Å²) in [5.74, 6) is -0.341. The Bertz CT molecular complexity index is 967. The highest BCUT2D eigenvalue weighted by atomic mass is 16.5. The van der Waals surface area contributed by atoms with Crippen molar-refractivity contribution in [3.63, 3.8) is 0 Å². The van der Waals surface area contributed by atoms with Gasteiger partial charge in [-0.25, -0.2) is 4.79 Å². The first-order chi connectivity index (χ1) is 14.9. The van der Waals surface area contributed by atoms with Crippen molar-refractivity contribution in [2.45, 2.75) is 60.5 Å². The normalized spacial score (nSPS) is 12.2. The van der Waals surface area contributed by atoms with E-state index in [0.29, 0.717) is 5.56 Å². The van der Waals surface area contributed by atoms with Gasteiger partial charge >= 0.3 is 5.97 Å². The van der Waals surface area contributed by atoms with Crippen LogP contribution in [0.25, 0.3) is 0 Å². The Morgan fingerprint density at radius 3 is 2.28 bits per heavy atom. The molecule has 0 saturated carbocycles. The highest BCUT2D eigenvalue weighted by Crippen LogP contribution is 2.18. The van der Waals surface area contributed by atoms with Crippen LogP contribution in [0.3, 0.4) is 0 Å². The smallest absolute Gasteiger partial charge is 0.328 e. The third-order valence-electron chi connectivity index (χ3n) is 5.39. The minimum atomic E-state index is -0.827. The van der Waals surface area contributed by atoms with Crippen molar-refractivity contribution in [2.75, 3.05) is 13.7 Å². The van der Waals surface area contributed by atoms with E-state index in [4.69, 9.17) is 9.47 Å². The lowest BCUT2D eigenvalue weighted by Crippen LogP contribution is -2.45. The number of carbonyl (C=O) groups is 3. The molecule has 0 bridgehead atoms. The van der Waals surface area contributed by atoms with Crippen LogP contribution in [0.2, 0.25) is 0 Å². The molecule has 1 amide bonds. The molecule has 1 heterocycles. The SMILES string of the molecule is COc1ccc(CCn2c(C)cc(C(=O)COC(=O)C(C)NC(=O)C(C)(C)C)c2C)cc1. The summed E-state index contributed by atoms with van der Waals surface area (Å²) in [5, 5.41) is 2.61. The van der Waals surface area contributed by atoms with Crippen LogP contribution in [-0.4, -0.2) is 42.0 Å². The summed E-state index contributed by atoms with van der Waals surface area (Å²) in [6.45, 7) is 11.0. The number of esters is 1. The van der Waals surface area contributed by atoms with Gasteiger partial charge in [-0.2, -0.15) is 0 Å². The minimum Gasteiger partial charge on any atom is -0.497 e. The lowest BCUT2D eigenvalue weighted by Gasteiger charge is -2.20. The van der Waals surface area contributed by atoms with E-state index in [1.807, 2.05) is 44.2 Å². The third-order valence-corrected chi connectivity index (χ3v) is 5.39. The third kappa shape index (κ3) is 6.45. The first-order valence-electron chi connectivity index (χ1n) is 10.7. The number of rotatable bonds is 9. The Morgan fingerprint density at radius 1 is 1.09 bits per heavy atom. The standard InChI is InChI=1S/C25H34N2O5/c1-16-14-21(18(3)27(16)13-12-19-8-10-20(31-7)11-9-19)22(28)15-32-23(29)17(2)26-24(30)25(4,5)6/h8-11,14,17H,12-13,15H2,1-7H3,(H,26,30). The van der Waals surface area contributed by atoms with Gasteiger partial charge in [0.2, 0.25) is 11.7 Å². The fourth-order valence-electron chi connectivity index (χ4n) is 3.27. The van der Waals surface area contributed by atoms with Gasteiger partial charge in [0.1, 0.15) is 11.8 Å². The molecule has 32 heavy (non-hydrogen) atoms. The Labute approximate surface area is 190 Å². The number of nitrogens with zero attached hydrogens (tertiary/aromatic N) is 1. The molecular formula is C25H34N2O5. The number of Topliss-reactive ketones (excluding diaryl/α,β-unsaturated/α-hetero) is 1. The Balaban J connectivity index is 1.96. The topological polar surface area (TPSA) is 86.6 Å². The quantitative estimate of drug-likeness (QED) is 0.473. The van der Waals surface area contributed by atoms with Crippen LogP contribution < -0.4 is 10.1 Å². The molecule has 0 fully saturated rings. The number of aromatic nitrogens is 1. The predicted octanol–water partition coefficient (Wildman–Crippen LogP) is 3.63. The van der Waals surface area contributed by atoms with Crippen molar-refractivity contribution in [3.05, 3.63) is 52.8 Å². The summed E-state index contributed by atoms with van der Waals surface area (Å²) in [5.41, 5.74) is 2.90. The maximum Gasteiger partial charge on any atom is 0.328 e. The van der Waals surface area contributed by atoms with Gasteiger partial charge in [-0.1, -0.05) is 32.9 Å². The van der Waals surface area contributed by atoms with Gasteiger partial charge in [-0.3, -0.25) is 9.59 Å². The van der Waals surface area contributed by atoms with Gasteiger partial charge in [0.15, 0.2) is 6.61 Å². The summed E-state index contributed by atoms with van der Waals surface area (Å²) in [6.07, 6.45) is 0.813. The van der Waals surface area contributed by atoms with E-state index in [1.165, 1.54) is 5.56 Å². The molecule has 0 spiro atoms. The molecule has 7 nitrogen and oxygen atoms in total. The highest BCUT2D eigenvalue weighted by Gasteiger charge is 2.26. The number of hydrogen-bond acceptors (Lipinski definition) is 5. The van der Waals surface area contributed by atoms with Gasteiger partial charge in [0, 0.05) is 28.9 Å². The lowest BCUT2D eigenvalue weighted by atomic mass is 9.95. The largest absolute Gasteiger partial charge is 0.497 e. The number of carbonyl (C=O) groups excluding carboxylic acids is 3. The lowest BCUT2D eigenvalue weighted by molar-refractivity contribution is -0.147. The zero-order valence-electron chi connectivity index (χ0n) is 20.1. The van der Waals surface area contributed by atoms with Crippen LogP contribution in [0.15, 0.2) is 30.3 Å². The van der Waals surface area contributed by atoms with Crippen molar-refractivity contribution in [1.82, 2.24) is 9.88 Å². The first-order valence-corrected chi connectivity index (χ1v) is 10.7. The molecule has 174 valence electrons. The second-order valence-electron chi connectivity index (χ2n) is 9.01. The molecule has 2 rings (SSSR count). The zero-order chi connectivity index (χ0) is 24.1. The van der Waals surface area contributed by atoms with Crippen LogP contribution in [0.5, 0.6) is 5.75 Å². The van der Waals surface area contributed by atoms with E-state index >= 15 is 0 Å².